The minimum absolute atomic E-state index is 0.0565. The highest BCUT2D eigenvalue weighted by Crippen LogP contribution is 2.20. The number of rotatable bonds is 5. The summed E-state index contributed by atoms with van der Waals surface area (Å²) in [5, 5.41) is 16.8. The number of halogens is 1. The second-order valence-electron chi connectivity index (χ2n) is 6.38. The molecular weight excluding hydrogens is 388 g/mol. The number of amides is 2. The minimum Gasteiger partial charge on any atom is -0.409 e. The highest BCUT2D eigenvalue weighted by molar-refractivity contribution is 6.32. The number of pyridine rings is 1. The van der Waals surface area contributed by atoms with Crippen molar-refractivity contribution in [3.05, 3.63) is 83.3 Å². The van der Waals surface area contributed by atoms with Gasteiger partial charge in [0.2, 0.25) is 0 Å². The van der Waals surface area contributed by atoms with Gasteiger partial charge in [-0.3, -0.25) is 9.59 Å². The first-order valence-electron chi connectivity index (χ1n) is 8.80. The molecule has 0 aliphatic heterocycles. The van der Waals surface area contributed by atoms with Crippen molar-refractivity contribution >= 4 is 42.5 Å². The molecule has 0 bridgehead atoms. The topological polar surface area (TPSA) is 130 Å². The largest absolute Gasteiger partial charge is 0.409 e. The van der Waals surface area contributed by atoms with Crippen molar-refractivity contribution in [2.45, 2.75) is 0 Å². The van der Waals surface area contributed by atoms with Crippen LogP contribution < -0.4 is 21.8 Å². The van der Waals surface area contributed by atoms with Gasteiger partial charge >= 0.3 is 0 Å². The van der Waals surface area contributed by atoms with Gasteiger partial charge in [0.1, 0.15) is 19.5 Å². The van der Waals surface area contributed by atoms with Gasteiger partial charge in [-0.2, -0.15) is 0 Å². The molecule has 0 aliphatic carbocycles. The predicted octanol–water partition coefficient (Wildman–Crippen LogP) is 1.08. The van der Waals surface area contributed by atoms with Crippen LogP contribution in [0.25, 0.3) is 0 Å². The fraction of sp³-hybridized carbons (Fsp3) is 0. The van der Waals surface area contributed by atoms with Crippen LogP contribution >= 0.6 is 0 Å². The third-order valence-electron chi connectivity index (χ3n) is 4.18. The average molecular weight is 405 g/mol. The summed E-state index contributed by atoms with van der Waals surface area (Å²) in [6.07, 6.45) is 1.59. The first-order valence-corrected chi connectivity index (χ1v) is 8.80. The lowest BCUT2D eigenvalue weighted by Crippen LogP contribution is -2.19. The Kier molecular flexibility index (Phi) is 6.07. The number of amidine groups is 1. The lowest BCUT2D eigenvalue weighted by Gasteiger charge is -2.12. The van der Waals surface area contributed by atoms with E-state index in [1.165, 1.54) is 30.3 Å². The van der Waals surface area contributed by atoms with Crippen LogP contribution in [0.1, 0.15) is 26.3 Å². The van der Waals surface area contributed by atoms with Gasteiger partial charge in [0.15, 0.2) is 5.84 Å². The van der Waals surface area contributed by atoms with Crippen molar-refractivity contribution in [2.24, 2.45) is 10.9 Å². The van der Waals surface area contributed by atoms with Crippen LogP contribution in [0.2, 0.25) is 0 Å². The number of nitrogens with one attached hydrogen (secondary N) is 2. The second-order valence-corrected chi connectivity index (χ2v) is 6.38. The fourth-order valence-electron chi connectivity index (χ4n) is 2.58. The van der Waals surface area contributed by atoms with Crippen LogP contribution in [0.15, 0.2) is 65.9 Å². The zero-order valence-corrected chi connectivity index (χ0v) is 15.9. The van der Waals surface area contributed by atoms with E-state index < -0.39 is 17.6 Å². The maximum Gasteiger partial charge on any atom is 0.259 e. The first-order chi connectivity index (χ1) is 14.4. The van der Waals surface area contributed by atoms with E-state index >= 15 is 0 Å². The van der Waals surface area contributed by atoms with Crippen molar-refractivity contribution in [3.63, 3.8) is 0 Å². The maximum atomic E-state index is 13.8. The van der Waals surface area contributed by atoms with E-state index in [4.69, 9.17) is 10.9 Å². The molecule has 0 unspecified atom stereocenters. The van der Waals surface area contributed by atoms with Gasteiger partial charge < -0.3 is 21.6 Å². The number of carbonyl (C=O) groups is 2. The summed E-state index contributed by atoms with van der Waals surface area (Å²) in [4.78, 5) is 29.3. The van der Waals surface area contributed by atoms with E-state index in [1.807, 2.05) is 7.85 Å². The van der Waals surface area contributed by atoms with Gasteiger partial charge in [-0.15, -0.1) is 0 Å². The zero-order valence-electron chi connectivity index (χ0n) is 15.9. The van der Waals surface area contributed by atoms with Gasteiger partial charge in [0, 0.05) is 17.3 Å². The van der Waals surface area contributed by atoms with E-state index in [0.717, 1.165) is 17.6 Å². The molecule has 30 heavy (non-hydrogen) atoms. The van der Waals surface area contributed by atoms with Gasteiger partial charge in [0.05, 0.1) is 11.3 Å². The molecule has 0 spiro atoms. The molecule has 0 saturated heterocycles. The number of benzene rings is 2. The molecule has 2 amide bonds. The third-order valence-corrected chi connectivity index (χ3v) is 4.18. The molecule has 0 saturated carbocycles. The van der Waals surface area contributed by atoms with Crippen molar-refractivity contribution in [1.29, 1.82) is 0 Å². The fourth-order valence-corrected chi connectivity index (χ4v) is 2.58. The summed E-state index contributed by atoms with van der Waals surface area (Å²) in [7, 11) is 1.86. The third kappa shape index (κ3) is 4.79. The summed E-state index contributed by atoms with van der Waals surface area (Å²) in [5.41, 5.74) is 7.19. The Morgan fingerprint density at radius 3 is 2.33 bits per heavy atom. The summed E-state index contributed by atoms with van der Waals surface area (Å²) >= 11 is 0. The number of aromatic nitrogens is 1. The Morgan fingerprint density at radius 1 is 1.00 bits per heavy atom. The Bertz CT molecular complexity index is 1120. The molecule has 2 aromatic carbocycles. The Morgan fingerprint density at radius 2 is 1.70 bits per heavy atom. The van der Waals surface area contributed by atoms with Crippen LogP contribution in [0.5, 0.6) is 0 Å². The highest BCUT2D eigenvalue weighted by Gasteiger charge is 2.16. The number of carbonyl (C=O) groups excluding carboxylic acids is 2. The number of nitrogens with two attached hydrogens (primary N) is 1. The Hall–Kier alpha value is -4.21. The van der Waals surface area contributed by atoms with Gasteiger partial charge in [-0.1, -0.05) is 28.8 Å². The van der Waals surface area contributed by atoms with E-state index in [0.29, 0.717) is 11.4 Å². The molecule has 1 heterocycles. The van der Waals surface area contributed by atoms with Gasteiger partial charge in [0.25, 0.3) is 11.8 Å². The molecule has 0 fully saturated rings. The van der Waals surface area contributed by atoms with Crippen LogP contribution in [0.4, 0.5) is 15.9 Å². The van der Waals surface area contributed by atoms with E-state index in [9.17, 15) is 14.0 Å². The van der Waals surface area contributed by atoms with Crippen molar-refractivity contribution in [1.82, 2.24) is 4.98 Å². The summed E-state index contributed by atoms with van der Waals surface area (Å²) in [6, 6.07) is 12.8. The lowest BCUT2D eigenvalue weighted by atomic mass is 9.99. The summed E-state index contributed by atoms with van der Waals surface area (Å²) < 4.78 is 13.8. The summed E-state index contributed by atoms with van der Waals surface area (Å²) in [6.45, 7) is 0. The monoisotopic (exact) mass is 405 g/mol. The van der Waals surface area contributed by atoms with E-state index in [-0.39, 0.29) is 22.6 Å². The predicted molar refractivity (Wildman–Crippen MR) is 114 cm³/mol. The number of hydrogen-bond acceptors (Lipinski definition) is 5. The standard InChI is InChI=1S/C20H17BFN5O3/c21-13-5-8-17(24-10-13)26-20(29)15-9-14(22)6-7-16(15)25-19(28)12-3-1-11(2-4-12)18(23)27-30/h1-10,30H,21H2,(H2,23,27)(H,25,28)(H,24,26,29). The van der Waals surface area contributed by atoms with E-state index in [1.54, 1.807) is 18.3 Å². The molecular formula is C20H17BFN5O3. The first kappa shape index (κ1) is 20.5. The van der Waals surface area contributed by atoms with Crippen LogP contribution in [0, 0.1) is 5.82 Å². The van der Waals surface area contributed by atoms with Crippen LogP contribution in [-0.2, 0) is 0 Å². The van der Waals surface area contributed by atoms with Crippen LogP contribution in [-0.4, -0.2) is 35.7 Å². The lowest BCUT2D eigenvalue weighted by molar-refractivity contribution is 0.102. The molecule has 3 rings (SSSR count). The van der Waals surface area contributed by atoms with Gasteiger partial charge in [-0.05, 0) is 36.4 Å². The molecule has 150 valence electrons. The van der Waals surface area contributed by atoms with Crippen LogP contribution in [0.3, 0.4) is 0 Å². The quantitative estimate of drug-likeness (QED) is 0.166. The molecule has 10 heteroatoms. The smallest absolute Gasteiger partial charge is 0.259 e. The Labute approximate surface area is 172 Å². The minimum atomic E-state index is -0.627. The molecule has 1 aromatic heterocycles. The molecule has 0 aliphatic rings. The molecule has 3 aromatic rings. The zero-order chi connectivity index (χ0) is 21.7. The number of hydrogen-bond donors (Lipinski definition) is 4. The van der Waals surface area contributed by atoms with Crippen molar-refractivity contribution in [2.75, 3.05) is 10.6 Å². The number of anilines is 2. The number of oxime groups is 1. The average Bonchev–Trinajstić information content (AvgIpc) is 2.76. The van der Waals surface area contributed by atoms with Crippen molar-refractivity contribution in [3.8, 4) is 0 Å². The number of nitrogens with zero attached hydrogens (tertiary/aromatic N) is 2. The maximum absolute atomic E-state index is 13.8. The van der Waals surface area contributed by atoms with Crippen molar-refractivity contribution < 1.29 is 19.2 Å². The highest BCUT2D eigenvalue weighted by atomic mass is 19.1. The normalized spacial score (nSPS) is 11.0. The van der Waals surface area contributed by atoms with Gasteiger partial charge in [-0.25, -0.2) is 9.37 Å². The molecule has 0 radical (unpaired) electrons. The summed E-state index contributed by atoms with van der Waals surface area (Å²) in [5.74, 6) is -1.56. The second kappa shape index (κ2) is 8.86. The SMILES string of the molecule is Bc1ccc(NC(=O)c2cc(F)ccc2NC(=O)c2ccc(/C(N)=N\O)cc2)nc1. The molecule has 8 nitrogen and oxygen atoms in total. The molecule has 5 N–H and O–H groups in total. The Balaban J connectivity index is 1.81. The molecule has 0 atom stereocenters. The van der Waals surface area contributed by atoms with E-state index in [2.05, 4.69) is 20.8 Å².